The van der Waals surface area contributed by atoms with Crippen molar-refractivity contribution in [3.63, 3.8) is 0 Å². The summed E-state index contributed by atoms with van der Waals surface area (Å²) in [7, 11) is 0. The van der Waals surface area contributed by atoms with Gasteiger partial charge in [-0.2, -0.15) is 11.3 Å². The van der Waals surface area contributed by atoms with Crippen LogP contribution >= 0.6 is 11.3 Å². The van der Waals surface area contributed by atoms with Crippen LogP contribution in [0, 0.1) is 0 Å². The maximum Gasteiger partial charge on any atom is 0.339 e. The topological polar surface area (TPSA) is 35.5 Å². The van der Waals surface area contributed by atoms with Gasteiger partial charge in [-0.1, -0.05) is 0 Å². The lowest BCUT2D eigenvalue weighted by molar-refractivity contribution is -0.0300. The Bertz CT molecular complexity index is 302. The second kappa shape index (κ2) is 5.28. The molecule has 1 aliphatic rings. The SMILES string of the molecule is O=C(OCC1CCCCO1)c1ccsc1. The van der Waals surface area contributed by atoms with Crippen LogP contribution in [-0.2, 0) is 9.47 Å². The molecule has 0 spiro atoms. The maximum absolute atomic E-state index is 11.5. The van der Waals surface area contributed by atoms with E-state index in [9.17, 15) is 4.79 Å². The Morgan fingerprint density at radius 1 is 1.60 bits per heavy atom. The molecule has 0 bridgehead atoms. The van der Waals surface area contributed by atoms with E-state index in [4.69, 9.17) is 9.47 Å². The molecule has 1 aromatic heterocycles. The van der Waals surface area contributed by atoms with Gasteiger partial charge in [0, 0.05) is 12.0 Å². The molecule has 0 radical (unpaired) electrons. The van der Waals surface area contributed by atoms with Crippen molar-refractivity contribution in [2.24, 2.45) is 0 Å². The minimum absolute atomic E-state index is 0.0985. The Morgan fingerprint density at radius 2 is 2.53 bits per heavy atom. The third-order valence-corrected chi connectivity index (χ3v) is 3.11. The van der Waals surface area contributed by atoms with Gasteiger partial charge in [-0.25, -0.2) is 4.79 Å². The van der Waals surface area contributed by atoms with E-state index in [1.54, 1.807) is 11.4 Å². The number of carbonyl (C=O) groups is 1. The second-order valence-electron chi connectivity index (χ2n) is 3.60. The molecule has 15 heavy (non-hydrogen) atoms. The summed E-state index contributed by atoms with van der Waals surface area (Å²) in [5.74, 6) is -0.245. The lowest BCUT2D eigenvalue weighted by Gasteiger charge is -2.21. The first-order valence-corrected chi connectivity index (χ1v) is 6.11. The van der Waals surface area contributed by atoms with Crippen molar-refractivity contribution in [3.8, 4) is 0 Å². The van der Waals surface area contributed by atoms with Crippen LogP contribution in [0.5, 0.6) is 0 Å². The zero-order valence-corrected chi connectivity index (χ0v) is 9.29. The van der Waals surface area contributed by atoms with Crippen molar-refractivity contribution in [3.05, 3.63) is 22.4 Å². The van der Waals surface area contributed by atoms with E-state index in [1.165, 1.54) is 17.8 Å². The number of hydrogen-bond donors (Lipinski definition) is 0. The minimum Gasteiger partial charge on any atom is -0.459 e. The molecule has 0 amide bonds. The summed E-state index contributed by atoms with van der Waals surface area (Å²) in [6, 6.07) is 1.77. The number of esters is 1. The molecule has 2 rings (SSSR count). The predicted molar refractivity (Wildman–Crippen MR) is 58.2 cm³/mol. The van der Waals surface area contributed by atoms with E-state index in [1.807, 2.05) is 5.38 Å². The van der Waals surface area contributed by atoms with Crippen LogP contribution in [0.2, 0.25) is 0 Å². The summed E-state index contributed by atoms with van der Waals surface area (Å²) in [6.45, 7) is 1.18. The highest BCUT2D eigenvalue weighted by atomic mass is 32.1. The van der Waals surface area contributed by atoms with Crippen molar-refractivity contribution in [1.82, 2.24) is 0 Å². The van der Waals surface area contributed by atoms with Crippen LogP contribution in [0.25, 0.3) is 0 Å². The molecule has 1 unspecified atom stereocenters. The van der Waals surface area contributed by atoms with Crippen LogP contribution in [0.4, 0.5) is 0 Å². The molecule has 1 saturated heterocycles. The number of ether oxygens (including phenoxy) is 2. The Hall–Kier alpha value is -0.870. The van der Waals surface area contributed by atoms with Gasteiger partial charge in [-0.15, -0.1) is 0 Å². The highest BCUT2D eigenvalue weighted by Gasteiger charge is 2.16. The van der Waals surface area contributed by atoms with E-state index in [0.717, 1.165) is 19.4 Å². The first kappa shape index (κ1) is 10.6. The zero-order valence-electron chi connectivity index (χ0n) is 8.48. The van der Waals surface area contributed by atoms with E-state index < -0.39 is 0 Å². The highest BCUT2D eigenvalue weighted by Crippen LogP contribution is 2.14. The maximum atomic E-state index is 11.5. The summed E-state index contributed by atoms with van der Waals surface area (Å²) in [5, 5.41) is 3.66. The second-order valence-corrected chi connectivity index (χ2v) is 4.38. The fraction of sp³-hybridized carbons (Fsp3) is 0.545. The molecule has 4 heteroatoms. The molecule has 82 valence electrons. The molecule has 0 N–H and O–H groups in total. The van der Waals surface area contributed by atoms with Gasteiger partial charge in [0.05, 0.1) is 11.7 Å². The van der Waals surface area contributed by atoms with Gasteiger partial charge in [-0.05, 0) is 30.7 Å². The van der Waals surface area contributed by atoms with Crippen LogP contribution < -0.4 is 0 Å². The van der Waals surface area contributed by atoms with E-state index in [2.05, 4.69) is 0 Å². The standard InChI is InChI=1S/C11H14O3S/c12-11(9-4-6-15-8-9)14-7-10-3-1-2-5-13-10/h4,6,8,10H,1-3,5,7H2. The van der Waals surface area contributed by atoms with Gasteiger partial charge in [0.25, 0.3) is 0 Å². The summed E-state index contributed by atoms with van der Waals surface area (Å²) in [6.07, 6.45) is 3.38. The fourth-order valence-corrected chi connectivity index (χ4v) is 2.20. The molecule has 3 nitrogen and oxygen atoms in total. The van der Waals surface area contributed by atoms with Gasteiger partial charge in [0.2, 0.25) is 0 Å². The summed E-state index contributed by atoms with van der Waals surface area (Å²) >= 11 is 1.50. The van der Waals surface area contributed by atoms with E-state index in [0.29, 0.717) is 12.2 Å². The number of thiophene rings is 1. The normalized spacial score (nSPS) is 21.2. The Kier molecular flexibility index (Phi) is 3.75. The molecule has 1 atom stereocenters. The van der Waals surface area contributed by atoms with Crippen LogP contribution in [0.3, 0.4) is 0 Å². The predicted octanol–water partition coefficient (Wildman–Crippen LogP) is 2.47. The average molecular weight is 226 g/mol. The highest BCUT2D eigenvalue weighted by molar-refractivity contribution is 7.08. The molecule has 0 saturated carbocycles. The quantitative estimate of drug-likeness (QED) is 0.743. The Balaban J connectivity index is 1.75. The molecule has 0 aliphatic carbocycles. The third-order valence-electron chi connectivity index (χ3n) is 2.43. The summed E-state index contributed by atoms with van der Waals surface area (Å²) < 4.78 is 10.6. The van der Waals surface area contributed by atoms with Gasteiger partial charge >= 0.3 is 5.97 Å². The van der Waals surface area contributed by atoms with Crippen molar-refractivity contribution in [2.75, 3.05) is 13.2 Å². The average Bonchev–Trinajstić information content (AvgIpc) is 2.81. The van der Waals surface area contributed by atoms with Crippen LogP contribution in [0.15, 0.2) is 16.8 Å². The van der Waals surface area contributed by atoms with Crippen LogP contribution in [-0.4, -0.2) is 25.3 Å². The first-order chi connectivity index (χ1) is 7.36. The summed E-state index contributed by atoms with van der Waals surface area (Å²) in [5.41, 5.74) is 0.635. The van der Waals surface area contributed by atoms with Crippen molar-refractivity contribution < 1.29 is 14.3 Å². The van der Waals surface area contributed by atoms with Gasteiger partial charge in [0.1, 0.15) is 6.61 Å². The summed E-state index contributed by atoms with van der Waals surface area (Å²) in [4.78, 5) is 11.5. The third kappa shape index (κ3) is 3.04. The number of rotatable bonds is 3. The Labute approximate surface area is 93.0 Å². The fourth-order valence-electron chi connectivity index (χ4n) is 1.57. The zero-order chi connectivity index (χ0) is 10.5. The number of carbonyl (C=O) groups excluding carboxylic acids is 1. The lowest BCUT2D eigenvalue weighted by atomic mass is 10.1. The molecule has 1 fully saturated rings. The largest absolute Gasteiger partial charge is 0.459 e. The van der Waals surface area contributed by atoms with Crippen molar-refractivity contribution >= 4 is 17.3 Å². The van der Waals surface area contributed by atoms with Gasteiger partial charge in [0.15, 0.2) is 0 Å². The molecule has 1 aliphatic heterocycles. The minimum atomic E-state index is -0.245. The van der Waals surface area contributed by atoms with Gasteiger partial charge < -0.3 is 9.47 Å². The van der Waals surface area contributed by atoms with E-state index >= 15 is 0 Å². The molecule has 2 heterocycles. The molecular formula is C11H14O3S. The number of hydrogen-bond acceptors (Lipinski definition) is 4. The molecule has 1 aromatic rings. The van der Waals surface area contributed by atoms with E-state index in [-0.39, 0.29) is 12.1 Å². The van der Waals surface area contributed by atoms with Crippen LogP contribution in [0.1, 0.15) is 29.6 Å². The van der Waals surface area contributed by atoms with Crippen molar-refractivity contribution in [1.29, 1.82) is 0 Å². The first-order valence-electron chi connectivity index (χ1n) is 5.17. The monoisotopic (exact) mass is 226 g/mol. The van der Waals surface area contributed by atoms with Crippen molar-refractivity contribution in [2.45, 2.75) is 25.4 Å². The molecular weight excluding hydrogens is 212 g/mol. The Morgan fingerprint density at radius 3 is 3.20 bits per heavy atom. The van der Waals surface area contributed by atoms with Gasteiger partial charge in [-0.3, -0.25) is 0 Å². The lowest BCUT2D eigenvalue weighted by Crippen LogP contribution is -2.25. The molecule has 0 aromatic carbocycles. The smallest absolute Gasteiger partial charge is 0.339 e.